The number of hydrogen-bond donors (Lipinski definition) is 0. The summed E-state index contributed by atoms with van der Waals surface area (Å²) in [6.07, 6.45) is 0. The van der Waals surface area contributed by atoms with Crippen molar-refractivity contribution in [2.75, 3.05) is 0 Å². The Bertz CT molecular complexity index is 653. The molecule has 1 unspecified atom stereocenters. The van der Waals surface area contributed by atoms with Crippen LogP contribution in [0.5, 0.6) is 0 Å². The van der Waals surface area contributed by atoms with Crippen LogP contribution in [0.1, 0.15) is 43.4 Å². The molecule has 0 bridgehead atoms. The molecule has 1 aromatic heterocycles. The highest BCUT2D eigenvalue weighted by Gasteiger charge is 2.35. The summed E-state index contributed by atoms with van der Waals surface area (Å²) in [7, 11) is 0. The minimum Gasteiger partial charge on any atom is -0.204 e. The first-order valence-corrected chi connectivity index (χ1v) is 8.43. The first-order valence-electron chi connectivity index (χ1n) is 6.56. The molecule has 0 amide bonds. The number of fused-ring (bicyclic) bond motifs is 2. The second kappa shape index (κ2) is 4.85. The average Bonchev–Trinajstić information content (AvgIpc) is 2.73. The summed E-state index contributed by atoms with van der Waals surface area (Å²) in [5.41, 5.74) is 2.66. The van der Waals surface area contributed by atoms with Crippen LogP contribution in [0.15, 0.2) is 27.8 Å². The lowest BCUT2D eigenvalue weighted by Crippen LogP contribution is -2.20. The average molecular weight is 310 g/mol. The maximum absolute atomic E-state index is 14.2. The minimum absolute atomic E-state index is 0.0419. The van der Waals surface area contributed by atoms with Crippen LogP contribution >= 0.6 is 23.1 Å². The Hall–Kier alpha value is -0.870. The maximum atomic E-state index is 14.2. The van der Waals surface area contributed by atoms with Gasteiger partial charge in [0.1, 0.15) is 0 Å². The van der Waals surface area contributed by atoms with Crippen LogP contribution in [-0.4, -0.2) is 0 Å². The number of rotatable bonds is 0. The lowest BCUT2D eigenvalue weighted by atomic mass is 9.72. The summed E-state index contributed by atoms with van der Waals surface area (Å²) >= 11 is 3.30. The van der Waals surface area contributed by atoms with Crippen molar-refractivity contribution in [1.82, 2.24) is 0 Å². The molecule has 2 heterocycles. The molecule has 0 N–H and O–H groups in total. The van der Waals surface area contributed by atoms with Gasteiger partial charge in [-0.3, -0.25) is 0 Å². The van der Waals surface area contributed by atoms with E-state index < -0.39 is 11.6 Å². The predicted molar refractivity (Wildman–Crippen MR) is 81.5 cm³/mol. The van der Waals surface area contributed by atoms with Gasteiger partial charge in [-0.25, -0.2) is 8.78 Å². The maximum Gasteiger partial charge on any atom is 0.163 e. The van der Waals surface area contributed by atoms with Gasteiger partial charge >= 0.3 is 0 Å². The highest BCUT2D eigenvalue weighted by atomic mass is 32.2. The Labute approximate surface area is 126 Å². The summed E-state index contributed by atoms with van der Waals surface area (Å²) in [4.78, 5) is 0. The third-order valence-electron chi connectivity index (χ3n) is 3.73. The predicted octanol–water partition coefficient (Wildman–Crippen LogP) is 5.81. The van der Waals surface area contributed by atoms with Crippen LogP contribution < -0.4 is 0 Å². The van der Waals surface area contributed by atoms with E-state index >= 15 is 0 Å². The molecule has 4 heteroatoms. The quantitative estimate of drug-likeness (QED) is 0.591. The molecular formula is C16H16F2S2. The van der Waals surface area contributed by atoms with E-state index in [1.165, 1.54) is 15.8 Å². The highest BCUT2D eigenvalue weighted by Crippen LogP contribution is 2.50. The molecule has 0 fully saturated rings. The zero-order chi connectivity index (χ0) is 14.5. The second-order valence-electron chi connectivity index (χ2n) is 6.18. The first-order chi connectivity index (χ1) is 9.39. The standard InChI is InChI=1S/C16H16F2S2/c1-16(2,3)13-9-4-5-12(17)14(18)11(9)8-20-15-10(13)6-7-19-15/h4-7,13H,8H2,1-3H3. The topological polar surface area (TPSA) is 0 Å². The van der Waals surface area contributed by atoms with Gasteiger partial charge in [-0.05, 0) is 34.1 Å². The van der Waals surface area contributed by atoms with E-state index in [0.717, 1.165) is 5.56 Å². The van der Waals surface area contributed by atoms with Gasteiger partial charge in [0.05, 0.1) is 4.21 Å². The highest BCUT2D eigenvalue weighted by molar-refractivity contribution is 8.00. The fourth-order valence-corrected chi connectivity index (χ4v) is 5.10. The van der Waals surface area contributed by atoms with Gasteiger partial charge in [-0.2, -0.15) is 0 Å². The van der Waals surface area contributed by atoms with Crippen molar-refractivity contribution >= 4 is 23.1 Å². The number of thioether (sulfide) groups is 1. The van der Waals surface area contributed by atoms with Crippen LogP contribution in [-0.2, 0) is 5.75 Å². The SMILES string of the molecule is CC(C)(C)C1c2ccsc2SCc2c1ccc(F)c2F. The summed E-state index contributed by atoms with van der Waals surface area (Å²) in [6, 6.07) is 5.14. The van der Waals surface area contributed by atoms with Crippen LogP contribution in [0.25, 0.3) is 0 Å². The molecule has 0 spiro atoms. The zero-order valence-electron chi connectivity index (χ0n) is 11.7. The van der Waals surface area contributed by atoms with Crippen molar-refractivity contribution in [3.8, 4) is 0 Å². The van der Waals surface area contributed by atoms with Gasteiger partial charge in [0.25, 0.3) is 0 Å². The van der Waals surface area contributed by atoms with Crippen molar-refractivity contribution in [3.05, 3.63) is 51.9 Å². The monoisotopic (exact) mass is 310 g/mol. The molecule has 0 saturated heterocycles. The Morgan fingerprint density at radius 1 is 1.10 bits per heavy atom. The van der Waals surface area contributed by atoms with E-state index in [0.29, 0.717) is 11.3 Å². The molecule has 0 nitrogen and oxygen atoms in total. The van der Waals surface area contributed by atoms with Crippen LogP contribution in [0.4, 0.5) is 8.78 Å². The number of hydrogen-bond acceptors (Lipinski definition) is 2. The summed E-state index contributed by atoms with van der Waals surface area (Å²) in [5, 5.41) is 2.08. The fraction of sp³-hybridized carbons (Fsp3) is 0.375. The van der Waals surface area contributed by atoms with Crippen molar-refractivity contribution in [1.29, 1.82) is 0 Å². The summed E-state index contributed by atoms with van der Waals surface area (Å²) in [5.74, 6) is -0.829. The van der Waals surface area contributed by atoms with Gasteiger partial charge in [-0.15, -0.1) is 23.1 Å². The molecule has 1 aliphatic rings. The van der Waals surface area contributed by atoms with Crippen molar-refractivity contribution < 1.29 is 8.78 Å². The van der Waals surface area contributed by atoms with Gasteiger partial charge < -0.3 is 0 Å². The molecule has 106 valence electrons. The van der Waals surface area contributed by atoms with Crippen molar-refractivity contribution in [2.24, 2.45) is 5.41 Å². The zero-order valence-corrected chi connectivity index (χ0v) is 13.3. The van der Waals surface area contributed by atoms with Gasteiger partial charge in [0, 0.05) is 17.2 Å². The molecule has 0 aliphatic carbocycles. The molecular weight excluding hydrogens is 294 g/mol. The van der Waals surface area contributed by atoms with Crippen LogP contribution in [0, 0.1) is 17.0 Å². The smallest absolute Gasteiger partial charge is 0.163 e. The summed E-state index contributed by atoms with van der Waals surface area (Å²) in [6.45, 7) is 6.46. The molecule has 3 rings (SSSR count). The van der Waals surface area contributed by atoms with Crippen LogP contribution in [0.2, 0.25) is 0 Å². The van der Waals surface area contributed by atoms with E-state index in [1.54, 1.807) is 29.2 Å². The molecule has 2 aromatic rings. The van der Waals surface area contributed by atoms with Gasteiger partial charge in [0.2, 0.25) is 0 Å². The Morgan fingerprint density at radius 3 is 2.55 bits per heavy atom. The largest absolute Gasteiger partial charge is 0.204 e. The van der Waals surface area contributed by atoms with E-state index in [2.05, 4.69) is 32.2 Å². The van der Waals surface area contributed by atoms with Gasteiger partial charge in [0.15, 0.2) is 11.6 Å². The first kappa shape index (κ1) is 14.1. The normalized spacial score (nSPS) is 18.4. The van der Waals surface area contributed by atoms with Crippen molar-refractivity contribution in [3.63, 3.8) is 0 Å². The summed E-state index contributed by atoms with van der Waals surface area (Å²) < 4.78 is 28.9. The molecule has 1 aromatic carbocycles. The lowest BCUT2D eigenvalue weighted by molar-refractivity contribution is 0.354. The van der Waals surface area contributed by atoms with E-state index in [-0.39, 0.29) is 11.3 Å². The third kappa shape index (κ3) is 2.19. The van der Waals surface area contributed by atoms with Crippen molar-refractivity contribution in [2.45, 2.75) is 36.7 Å². The number of benzene rings is 1. The van der Waals surface area contributed by atoms with E-state index in [4.69, 9.17) is 0 Å². The molecule has 0 radical (unpaired) electrons. The lowest BCUT2D eigenvalue weighted by Gasteiger charge is -2.32. The Kier molecular flexibility index (Phi) is 3.41. The third-order valence-corrected chi connectivity index (χ3v) is 6.02. The molecule has 20 heavy (non-hydrogen) atoms. The molecule has 1 atom stereocenters. The molecule has 0 saturated carbocycles. The Balaban J connectivity index is 2.28. The van der Waals surface area contributed by atoms with E-state index in [1.807, 2.05) is 0 Å². The molecule has 1 aliphatic heterocycles. The second-order valence-corrected chi connectivity index (χ2v) is 8.34. The number of halogens is 2. The Morgan fingerprint density at radius 2 is 1.85 bits per heavy atom. The van der Waals surface area contributed by atoms with E-state index in [9.17, 15) is 8.78 Å². The fourth-order valence-electron chi connectivity index (χ4n) is 2.90. The van der Waals surface area contributed by atoms with Gasteiger partial charge in [-0.1, -0.05) is 26.8 Å². The van der Waals surface area contributed by atoms with Crippen LogP contribution in [0.3, 0.4) is 0 Å². The number of thiophene rings is 1. The minimum atomic E-state index is -0.748.